The lowest BCUT2D eigenvalue weighted by Crippen LogP contribution is -2.42. The van der Waals surface area contributed by atoms with Gasteiger partial charge in [0.2, 0.25) is 5.95 Å². The van der Waals surface area contributed by atoms with E-state index in [1.165, 1.54) is 19.3 Å². The van der Waals surface area contributed by atoms with Crippen molar-refractivity contribution in [2.45, 2.75) is 96.2 Å². The predicted molar refractivity (Wildman–Crippen MR) is 189 cm³/mol. The molecule has 2 fully saturated rings. The molecular weight excluding hydrogens is 606 g/mol. The molecule has 3 aromatic heterocycles. The molecule has 1 aliphatic carbocycles. The Morgan fingerprint density at radius 2 is 1.81 bits per heavy atom. The summed E-state index contributed by atoms with van der Waals surface area (Å²) in [7, 11) is 4.04. The van der Waals surface area contributed by atoms with Gasteiger partial charge in [-0.3, -0.25) is 9.72 Å². The van der Waals surface area contributed by atoms with Crippen molar-refractivity contribution in [1.82, 2.24) is 34.6 Å². The van der Waals surface area contributed by atoms with Gasteiger partial charge in [0.15, 0.2) is 5.65 Å². The fraction of sp³-hybridized carbons (Fsp3) is 0.556. The fourth-order valence-electron chi connectivity index (χ4n) is 6.46. The first-order valence-electron chi connectivity index (χ1n) is 17.4. The van der Waals surface area contributed by atoms with E-state index in [1.54, 1.807) is 4.68 Å². The van der Waals surface area contributed by atoms with Gasteiger partial charge in [-0.05, 0) is 90.2 Å². The van der Waals surface area contributed by atoms with Gasteiger partial charge in [0.25, 0.3) is 0 Å². The molecule has 1 saturated carbocycles. The predicted octanol–water partition coefficient (Wildman–Crippen LogP) is 6.04. The Morgan fingerprint density at radius 1 is 1.00 bits per heavy atom. The van der Waals surface area contributed by atoms with Gasteiger partial charge in [0.1, 0.15) is 23.9 Å². The maximum Gasteiger partial charge on any atom is 0.320 e. The molecule has 12 nitrogen and oxygen atoms in total. The van der Waals surface area contributed by atoms with E-state index in [4.69, 9.17) is 14.6 Å². The monoisotopic (exact) mass is 657 g/mol. The van der Waals surface area contributed by atoms with Gasteiger partial charge in [0.05, 0.1) is 23.7 Å². The van der Waals surface area contributed by atoms with Crippen molar-refractivity contribution in [3.05, 3.63) is 54.4 Å². The molecule has 2 N–H and O–H groups in total. The van der Waals surface area contributed by atoms with Crippen LogP contribution in [0.1, 0.15) is 78.3 Å². The number of benzene rings is 1. The number of piperidine rings is 1. The van der Waals surface area contributed by atoms with Crippen LogP contribution in [0.4, 0.5) is 16.6 Å². The number of likely N-dealkylation sites (N-methyl/N-ethyl adjacent to an activating group) is 1. The van der Waals surface area contributed by atoms with Gasteiger partial charge in [-0.25, -0.2) is 9.48 Å². The summed E-state index contributed by atoms with van der Waals surface area (Å²) in [6.07, 6.45) is 9.08. The lowest BCUT2D eigenvalue weighted by molar-refractivity contribution is 0.140. The fourth-order valence-corrected chi connectivity index (χ4v) is 6.46. The normalized spacial score (nSPS) is 20.2. The van der Waals surface area contributed by atoms with E-state index in [2.05, 4.69) is 62.7 Å². The second kappa shape index (κ2) is 14.4. The quantitative estimate of drug-likeness (QED) is 0.212. The van der Waals surface area contributed by atoms with Crippen LogP contribution < -0.4 is 25.0 Å². The molecule has 258 valence electrons. The van der Waals surface area contributed by atoms with Crippen molar-refractivity contribution in [2.75, 3.05) is 44.0 Å². The van der Waals surface area contributed by atoms with Gasteiger partial charge in [-0.1, -0.05) is 26.8 Å². The molecule has 1 aliphatic heterocycles. The van der Waals surface area contributed by atoms with Gasteiger partial charge >= 0.3 is 6.03 Å². The van der Waals surface area contributed by atoms with Crippen LogP contribution in [-0.4, -0.2) is 87.3 Å². The molecular formula is C36H51N9O3. The summed E-state index contributed by atoms with van der Waals surface area (Å²) in [5.74, 6) is 3.08. The molecule has 0 spiro atoms. The number of carbonyl (C=O) groups excluding carboxylic acids is 1. The molecule has 12 heteroatoms. The number of anilines is 2. The van der Waals surface area contributed by atoms with E-state index in [1.807, 2.05) is 62.8 Å². The molecule has 6 rings (SSSR count). The van der Waals surface area contributed by atoms with Crippen LogP contribution in [0.15, 0.2) is 48.7 Å². The number of urea groups is 1. The van der Waals surface area contributed by atoms with Crippen LogP contribution in [0.2, 0.25) is 0 Å². The lowest BCUT2D eigenvalue weighted by Gasteiger charge is -2.33. The third-order valence-electron chi connectivity index (χ3n) is 9.32. The van der Waals surface area contributed by atoms with Gasteiger partial charge in [-0.2, -0.15) is 5.10 Å². The number of pyridine rings is 1. The Kier molecular flexibility index (Phi) is 10.1. The number of hydrogen-bond donors (Lipinski definition) is 2. The van der Waals surface area contributed by atoms with Crippen molar-refractivity contribution in [3.8, 4) is 17.2 Å². The highest BCUT2D eigenvalue weighted by atomic mass is 16.5. The number of rotatable bonds is 10. The van der Waals surface area contributed by atoms with Crippen molar-refractivity contribution in [3.63, 3.8) is 0 Å². The Bertz CT molecular complexity index is 1680. The van der Waals surface area contributed by atoms with Crippen LogP contribution in [0.3, 0.4) is 0 Å². The van der Waals surface area contributed by atoms with Crippen molar-refractivity contribution in [1.29, 1.82) is 0 Å². The van der Waals surface area contributed by atoms with E-state index in [9.17, 15) is 4.79 Å². The molecule has 1 aromatic carbocycles. The summed E-state index contributed by atoms with van der Waals surface area (Å²) in [6, 6.07) is 14.0. The average molecular weight is 658 g/mol. The zero-order valence-corrected chi connectivity index (χ0v) is 29.3. The average Bonchev–Trinajstić information content (AvgIpc) is 3.67. The SMILES string of the molecule is CC1CCCCN1c1nnc2ccc(OC3CCC(NC(=O)Nc4cc(C(C)(C)C)nn4-c4cccc(OCCN(C)C)c4)CC3)cn12. The van der Waals surface area contributed by atoms with Crippen molar-refractivity contribution < 1.29 is 14.3 Å². The molecule has 48 heavy (non-hydrogen) atoms. The second-order valence-corrected chi connectivity index (χ2v) is 14.5. The van der Waals surface area contributed by atoms with Gasteiger partial charge in [-0.15, -0.1) is 10.2 Å². The number of nitrogens with one attached hydrogen (secondary N) is 2. The number of nitrogens with zero attached hydrogens (tertiary/aromatic N) is 7. The summed E-state index contributed by atoms with van der Waals surface area (Å²) in [6.45, 7) is 11.0. The topological polar surface area (TPSA) is 114 Å². The zero-order valence-electron chi connectivity index (χ0n) is 29.3. The summed E-state index contributed by atoms with van der Waals surface area (Å²) >= 11 is 0. The highest BCUT2D eigenvalue weighted by molar-refractivity contribution is 5.89. The minimum atomic E-state index is -0.239. The van der Waals surface area contributed by atoms with E-state index in [0.29, 0.717) is 18.5 Å². The molecule has 2 aliphatic rings. The molecule has 2 amide bonds. The molecule has 4 aromatic rings. The van der Waals surface area contributed by atoms with Crippen LogP contribution in [0.25, 0.3) is 11.3 Å². The Balaban J connectivity index is 1.06. The van der Waals surface area contributed by atoms with E-state index >= 15 is 0 Å². The number of amides is 2. The number of carbonyl (C=O) groups is 1. The lowest BCUT2D eigenvalue weighted by atomic mass is 9.92. The number of aromatic nitrogens is 5. The molecule has 1 saturated heterocycles. The van der Waals surface area contributed by atoms with Crippen LogP contribution in [0.5, 0.6) is 11.5 Å². The number of fused-ring (bicyclic) bond motifs is 1. The third-order valence-corrected chi connectivity index (χ3v) is 9.32. The minimum absolute atomic E-state index is 0.0595. The second-order valence-electron chi connectivity index (χ2n) is 14.5. The number of ether oxygens (including phenoxy) is 2. The molecule has 1 unspecified atom stereocenters. The Hall–Kier alpha value is -4.32. The first-order valence-corrected chi connectivity index (χ1v) is 17.4. The Labute approximate surface area is 283 Å². The standard InChI is InChI=1S/C36H51N9O3/c1-25-10-7-8-19-43(25)35-40-39-32-18-17-30(24-44(32)35)48-28-15-13-26(14-16-28)37-34(46)38-33-23-31(36(2,3)4)41-45(33)27-11-9-12-29(22-27)47-21-20-42(5)6/h9,11-12,17-18,22-26,28H,7-8,10,13-16,19-21H2,1-6H3,(H2,37,38,46). The van der Waals surface area contributed by atoms with E-state index < -0.39 is 0 Å². The summed E-state index contributed by atoms with van der Waals surface area (Å²) in [5, 5.41) is 20.1. The van der Waals surface area contributed by atoms with Crippen LogP contribution >= 0.6 is 0 Å². The van der Waals surface area contributed by atoms with Crippen LogP contribution in [-0.2, 0) is 5.41 Å². The highest BCUT2D eigenvalue weighted by Crippen LogP contribution is 2.30. The molecule has 1 atom stereocenters. The molecule has 4 heterocycles. The smallest absolute Gasteiger partial charge is 0.320 e. The van der Waals surface area contributed by atoms with Crippen molar-refractivity contribution in [2.24, 2.45) is 0 Å². The highest BCUT2D eigenvalue weighted by Gasteiger charge is 2.27. The summed E-state index contributed by atoms with van der Waals surface area (Å²) in [4.78, 5) is 17.7. The first-order chi connectivity index (χ1) is 23.0. The van der Waals surface area contributed by atoms with Crippen molar-refractivity contribution >= 4 is 23.4 Å². The molecule has 0 bridgehead atoms. The van der Waals surface area contributed by atoms with Gasteiger partial charge in [0, 0.05) is 42.7 Å². The number of hydrogen-bond acceptors (Lipinski definition) is 8. The maximum absolute atomic E-state index is 13.3. The first kappa shape index (κ1) is 33.6. The Morgan fingerprint density at radius 3 is 2.56 bits per heavy atom. The molecule has 0 radical (unpaired) electrons. The zero-order chi connectivity index (χ0) is 33.8. The maximum atomic E-state index is 13.3. The van der Waals surface area contributed by atoms with E-state index in [0.717, 1.165) is 73.2 Å². The summed E-state index contributed by atoms with van der Waals surface area (Å²) in [5.41, 5.74) is 2.34. The van der Waals surface area contributed by atoms with Gasteiger partial charge < -0.3 is 24.6 Å². The summed E-state index contributed by atoms with van der Waals surface area (Å²) < 4.78 is 16.3. The van der Waals surface area contributed by atoms with Crippen LogP contribution in [0, 0.1) is 0 Å². The minimum Gasteiger partial charge on any atom is -0.492 e. The van der Waals surface area contributed by atoms with E-state index in [-0.39, 0.29) is 23.6 Å². The largest absolute Gasteiger partial charge is 0.492 e. The third kappa shape index (κ3) is 8.03.